The number of nitrogens with zero attached hydrogens (tertiary/aromatic N) is 1. The maximum Gasteiger partial charge on any atom is 0.414 e. The SMILES string of the molecule is CC(CC1CCCCC1)C(=O)N1CCC(C(O)C(F)(F)F)CC1. The third kappa shape index (κ3) is 5.10. The quantitative estimate of drug-likeness (QED) is 0.850. The molecule has 1 heterocycles. The Morgan fingerprint density at radius 2 is 1.70 bits per heavy atom. The zero-order valence-corrected chi connectivity index (χ0v) is 13.8. The highest BCUT2D eigenvalue weighted by Gasteiger charge is 2.44. The van der Waals surface area contributed by atoms with Crippen LogP contribution in [-0.2, 0) is 4.79 Å². The van der Waals surface area contributed by atoms with Crippen LogP contribution in [0.3, 0.4) is 0 Å². The fourth-order valence-corrected chi connectivity index (χ4v) is 4.04. The Labute approximate surface area is 136 Å². The molecule has 1 N–H and O–H groups in total. The van der Waals surface area contributed by atoms with Crippen molar-refractivity contribution >= 4 is 5.91 Å². The van der Waals surface area contributed by atoms with Crippen LogP contribution >= 0.6 is 0 Å². The molecule has 3 nitrogen and oxygen atoms in total. The summed E-state index contributed by atoms with van der Waals surface area (Å²) in [5.41, 5.74) is 0. The smallest absolute Gasteiger partial charge is 0.383 e. The number of aliphatic hydroxyl groups is 1. The molecule has 1 aliphatic heterocycles. The van der Waals surface area contributed by atoms with Crippen molar-refractivity contribution in [3.8, 4) is 0 Å². The summed E-state index contributed by atoms with van der Waals surface area (Å²) in [6.45, 7) is 2.59. The number of carbonyl (C=O) groups excluding carboxylic acids is 1. The lowest BCUT2D eigenvalue weighted by Gasteiger charge is -2.36. The predicted octanol–water partition coefficient (Wildman–Crippen LogP) is 3.75. The highest BCUT2D eigenvalue weighted by atomic mass is 19.4. The van der Waals surface area contributed by atoms with Crippen LogP contribution in [0.15, 0.2) is 0 Å². The van der Waals surface area contributed by atoms with Crippen LogP contribution in [0.5, 0.6) is 0 Å². The van der Waals surface area contributed by atoms with E-state index in [0.29, 0.717) is 19.0 Å². The van der Waals surface area contributed by atoms with Crippen molar-refractivity contribution in [2.75, 3.05) is 13.1 Å². The molecule has 0 bridgehead atoms. The van der Waals surface area contributed by atoms with Gasteiger partial charge in [0.15, 0.2) is 6.10 Å². The summed E-state index contributed by atoms with van der Waals surface area (Å²) >= 11 is 0. The van der Waals surface area contributed by atoms with Crippen LogP contribution in [0.25, 0.3) is 0 Å². The van der Waals surface area contributed by atoms with Gasteiger partial charge in [0, 0.05) is 19.0 Å². The normalized spacial score (nSPS) is 24.5. The van der Waals surface area contributed by atoms with Crippen LogP contribution in [0, 0.1) is 17.8 Å². The van der Waals surface area contributed by atoms with Crippen molar-refractivity contribution in [3.63, 3.8) is 0 Å². The molecule has 0 aromatic heterocycles. The minimum absolute atomic E-state index is 0.0535. The fourth-order valence-electron chi connectivity index (χ4n) is 4.04. The number of rotatable bonds is 4. The maximum absolute atomic E-state index is 12.5. The summed E-state index contributed by atoms with van der Waals surface area (Å²) in [6, 6.07) is 0. The van der Waals surface area contributed by atoms with Gasteiger partial charge in [0.25, 0.3) is 0 Å². The first-order chi connectivity index (χ1) is 10.8. The van der Waals surface area contributed by atoms with Crippen molar-refractivity contribution in [1.29, 1.82) is 0 Å². The molecule has 2 fully saturated rings. The largest absolute Gasteiger partial charge is 0.414 e. The van der Waals surface area contributed by atoms with Crippen LogP contribution in [-0.4, -0.2) is 41.3 Å². The van der Waals surface area contributed by atoms with Crippen LogP contribution in [0.4, 0.5) is 13.2 Å². The summed E-state index contributed by atoms with van der Waals surface area (Å²) in [7, 11) is 0. The lowest BCUT2D eigenvalue weighted by atomic mass is 9.82. The fraction of sp³-hybridized carbons (Fsp3) is 0.941. The Bertz CT molecular complexity index is 386. The summed E-state index contributed by atoms with van der Waals surface area (Å²) in [6.07, 6.45) is 0.668. The van der Waals surface area contributed by atoms with Crippen LogP contribution in [0.1, 0.15) is 58.3 Å². The first-order valence-electron chi connectivity index (χ1n) is 8.82. The van der Waals surface area contributed by atoms with E-state index in [1.807, 2.05) is 6.92 Å². The lowest BCUT2D eigenvalue weighted by Crippen LogP contribution is -2.46. The highest BCUT2D eigenvalue weighted by molar-refractivity contribution is 5.78. The van der Waals surface area contributed by atoms with Gasteiger partial charge in [-0.2, -0.15) is 13.2 Å². The van der Waals surface area contributed by atoms with Gasteiger partial charge in [0.2, 0.25) is 5.91 Å². The molecule has 0 spiro atoms. The summed E-state index contributed by atoms with van der Waals surface area (Å²) in [5.74, 6) is -0.155. The molecule has 2 unspecified atom stereocenters. The molecule has 1 saturated carbocycles. The average molecular weight is 335 g/mol. The van der Waals surface area contributed by atoms with Gasteiger partial charge in [-0.15, -0.1) is 0 Å². The van der Waals surface area contributed by atoms with E-state index < -0.39 is 18.2 Å². The van der Waals surface area contributed by atoms with E-state index in [9.17, 15) is 23.1 Å². The molecule has 2 atom stereocenters. The Balaban J connectivity index is 1.78. The minimum Gasteiger partial charge on any atom is -0.383 e. The third-order valence-electron chi connectivity index (χ3n) is 5.47. The minimum atomic E-state index is -4.56. The van der Waals surface area contributed by atoms with Crippen molar-refractivity contribution in [2.45, 2.75) is 70.6 Å². The van der Waals surface area contributed by atoms with Crippen molar-refractivity contribution < 1.29 is 23.1 Å². The van der Waals surface area contributed by atoms with E-state index in [2.05, 4.69) is 0 Å². The van der Waals surface area contributed by atoms with E-state index in [-0.39, 0.29) is 24.7 Å². The third-order valence-corrected chi connectivity index (χ3v) is 5.47. The van der Waals surface area contributed by atoms with Gasteiger partial charge in [0.05, 0.1) is 0 Å². The summed E-state index contributed by atoms with van der Waals surface area (Å²) in [5, 5.41) is 9.33. The Morgan fingerprint density at radius 3 is 2.22 bits per heavy atom. The van der Waals surface area contributed by atoms with Gasteiger partial charge in [-0.25, -0.2) is 0 Å². The van der Waals surface area contributed by atoms with Gasteiger partial charge in [-0.1, -0.05) is 39.0 Å². The number of alkyl halides is 3. The monoisotopic (exact) mass is 335 g/mol. The number of carbonyl (C=O) groups is 1. The second-order valence-electron chi connectivity index (χ2n) is 7.29. The van der Waals surface area contributed by atoms with Crippen LogP contribution < -0.4 is 0 Å². The molecule has 2 aliphatic rings. The first kappa shape index (κ1) is 18.6. The summed E-state index contributed by atoms with van der Waals surface area (Å²) < 4.78 is 37.6. The molecule has 0 aromatic rings. The zero-order valence-electron chi connectivity index (χ0n) is 13.8. The average Bonchev–Trinajstić information content (AvgIpc) is 2.53. The standard InChI is InChI=1S/C17H28F3NO2/c1-12(11-13-5-3-2-4-6-13)16(23)21-9-7-14(8-10-21)15(22)17(18,19)20/h12-15,22H,2-11H2,1H3. The number of hydrogen-bond acceptors (Lipinski definition) is 2. The molecular weight excluding hydrogens is 307 g/mol. The molecule has 1 aliphatic carbocycles. The van der Waals surface area contributed by atoms with Crippen molar-refractivity contribution in [3.05, 3.63) is 0 Å². The maximum atomic E-state index is 12.5. The van der Waals surface area contributed by atoms with E-state index in [1.54, 1.807) is 4.90 Å². The Kier molecular flexibility index (Phi) is 6.34. The van der Waals surface area contributed by atoms with Gasteiger partial charge in [-0.3, -0.25) is 4.79 Å². The highest BCUT2D eigenvalue weighted by Crippen LogP contribution is 2.33. The molecule has 1 saturated heterocycles. The van der Waals surface area contributed by atoms with Crippen molar-refractivity contribution in [1.82, 2.24) is 4.90 Å². The summed E-state index contributed by atoms with van der Waals surface area (Å²) in [4.78, 5) is 14.2. The lowest BCUT2D eigenvalue weighted by molar-refractivity contribution is -0.223. The molecular formula is C17H28F3NO2. The molecule has 134 valence electrons. The van der Waals surface area contributed by atoms with E-state index in [1.165, 1.54) is 32.1 Å². The zero-order chi connectivity index (χ0) is 17.0. The topological polar surface area (TPSA) is 40.5 Å². The van der Waals surface area contributed by atoms with Crippen LogP contribution in [0.2, 0.25) is 0 Å². The van der Waals surface area contributed by atoms with E-state index in [4.69, 9.17) is 0 Å². The van der Waals surface area contributed by atoms with E-state index in [0.717, 1.165) is 6.42 Å². The molecule has 1 amide bonds. The van der Waals surface area contributed by atoms with Gasteiger partial charge >= 0.3 is 6.18 Å². The number of hydrogen-bond donors (Lipinski definition) is 1. The number of piperidine rings is 1. The first-order valence-corrected chi connectivity index (χ1v) is 8.82. The second-order valence-corrected chi connectivity index (χ2v) is 7.29. The van der Waals surface area contributed by atoms with Gasteiger partial charge in [0.1, 0.15) is 0 Å². The molecule has 6 heteroatoms. The van der Waals surface area contributed by atoms with Crippen molar-refractivity contribution in [2.24, 2.45) is 17.8 Å². The predicted molar refractivity (Wildman–Crippen MR) is 81.7 cm³/mol. The second kappa shape index (κ2) is 7.86. The Morgan fingerprint density at radius 1 is 1.13 bits per heavy atom. The molecule has 2 rings (SSSR count). The van der Waals surface area contributed by atoms with Gasteiger partial charge in [-0.05, 0) is 31.1 Å². The van der Waals surface area contributed by atoms with E-state index >= 15 is 0 Å². The Hall–Kier alpha value is -0.780. The molecule has 23 heavy (non-hydrogen) atoms. The number of likely N-dealkylation sites (tertiary alicyclic amines) is 1. The number of halogens is 3. The number of aliphatic hydroxyl groups excluding tert-OH is 1. The number of amides is 1. The van der Waals surface area contributed by atoms with Gasteiger partial charge < -0.3 is 10.0 Å². The molecule has 0 aromatic carbocycles. The molecule has 0 radical (unpaired) electrons.